The molecule has 114 valence electrons. The second-order valence-electron chi connectivity index (χ2n) is 5.54. The second-order valence-corrected chi connectivity index (χ2v) is 6.77. The molecule has 0 radical (unpaired) electrons. The quantitative estimate of drug-likeness (QED) is 0.884. The first kappa shape index (κ1) is 16.0. The van der Waals surface area contributed by atoms with Gasteiger partial charge in [-0.25, -0.2) is 4.98 Å². The van der Waals surface area contributed by atoms with Crippen LogP contribution in [-0.4, -0.2) is 12.1 Å². The van der Waals surface area contributed by atoms with Gasteiger partial charge in [-0.1, -0.05) is 12.1 Å². The number of benzene rings is 1. The van der Waals surface area contributed by atoms with Crippen molar-refractivity contribution in [2.24, 2.45) is 0 Å². The molecule has 1 heterocycles. The van der Waals surface area contributed by atoms with Crippen LogP contribution < -0.4 is 10.1 Å². The van der Waals surface area contributed by atoms with Crippen LogP contribution in [0.25, 0.3) is 0 Å². The lowest BCUT2D eigenvalue weighted by molar-refractivity contribution is 0.396. The Balaban J connectivity index is 2.18. The Labute approximate surface area is 131 Å². The molecule has 1 N–H and O–H groups in total. The van der Waals surface area contributed by atoms with Gasteiger partial charge in [0.1, 0.15) is 5.75 Å². The highest BCUT2D eigenvalue weighted by molar-refractivity contribution is 7.11. The number of nitrogens with one attached hydrogen (secondary N) is 1. The summed E-state index contributed by atoms with van der Waals surface area (Å²) < 4.78 is 5.51. The van der Waals surface area contributed by atoms with Crippen molar-refractivity contribution in [1.29, 1.82) is 0 Å². The Kier molecular flexibility index (Phi) is 5.01. The van der Waals surface area contributed by atoms with E-state index in [-0.39, 0.29) is 12.1 Å². The first-order valence-corrected chi connectivity index (χ1v) is 8.08. The monoisotopic (exact) mass is 304 g/mol. The van der Waals surface area contributed by atoms with Crippen LogP contribution in [0.2, 0.25) is 0 Å². The summed E-state index contributed by atoms with van der Waals surface area (Å²) in [5.74, 6) is 0.944. The maximum atomic E-state index is 5.51. The van der Waals surface area contributed by atoms with Gasteiger partial charge in [-0.2, -0.15) is 0 Å². The second kappa shape index (κ2) is 6.58. The van der Waals surface area contributed by atoms with Gasteiger partial charge in [-0.3, -0.25) is 0 Å². The minimum atomic E-state index is 0.220. The lowest BCUT2D eigenvalue weighted by atomic mass is 10.0. The maximum absolute atomic E-state index is 5.51. The van der Waals surface area contributed by atoms with Gasteiger partial charge >= 0.3 is 0 Å². The van der Waals surface area contributed by atoms with Crippen LogP contribution in [0.3, 0.4) is 0 Å². The zero-order valence-corrected chi connectivity index (χ0v) is 14.5. The van der Waals surface area contributed by atoms with E-state index in [9.17, 15) is 0 Å². The molecule has 0 spiro atoms. The predicted octanol–water partition coefficient (Wildman–Crippen LogP) is 4.49. The molecule has 2 unspecified atom stereocenters. The molecule has 0 amide bonds. The molecule has 0 aliphatic heterocycles. The van der Waals surface area contributed by atoms with Crippen molar-refractivity contribution in [3.63, 3.8) is 0 Å². The summed E-state index contributed by atoms with van der Waals surface area (Å²) >= 11 is 1.77. The summed E-state index contributed by atoms with van der Waals surface area (Å²) in [7, 11) is 1.73. The number of methoxy groups -OCH3 is 1. The van der Waals surface area contributed by atoms with Crippen LogP contribution in [0.4, 0.5) is 0 Å². The van der Waals surface area contributed by atoms with E-state index in [0.29, 0.717) is 0 Å². The van der Waals surface area contributed by atoms with Gasteiger partial charge in [-0.05, 0) is 46.2 Å². The van der Waals surface area contributed by atoms with E-state index in [4.69, 9.17) is 4.74 Å². The number of aromatic nitrogens is 1. The third kappa shape index (κ3) is 3.63. The molecule has 0 saturated carbocycles. The van der Waals surface area contributed by atoms with Crippen molar-refractivity contribution in [2.45, 2.75) is 46.7 Å². The van der Waals surface area contributed by atoms with Crippen molar-refractivity contribution in [2.75, 3.05) is 7.11 Å². The first-order chi connectivity index (χ1) is 9.92. The fraction of sp³-hybridized carbons (Fsp3) is 0.471. The SMILES string of the molecule is COc1cc(C)ccc1C(C)NC(C)c1sc(C)nc1C. The zero-order chi connectivity index (χ0) is 15.6. The highest BCUT2D eigenvalue weighted by atomic mass is 32.1. The Bertz CT molecular complexity index is 621. The van der Waals surface area contributed by atoms with Crippen LogP contribution in [0.15, 0.2) is 18.2 Å². The predicted molar refractivity (Wildman–Crippen MR) is 89.3 cm³/mol. The summed E-state index contributed by atoms with van der Waals surface area (Å²) in [4.78, 5) is 5.82. The van der Waals surface area contributed by atoms with Crippen LogP contribution in [0, 0.1) is 20.8 Å². The van der Waals surface area contributed by atoms with E-state index in [0.717, 1.165) is 16.5 Å². The molecular weight excluding hydrogens is 280 g/mol. The Morgan fingerprint density at radius 3 is 2.43 bits per heavy atom. The molecule has 0 aliphatic carbocycles. The summed E-state index contributed by atoms with van der Waals surface area (Å²) in [6.07, 6.45) is 0. The van der Waals surface area contributed by atoms with E-state index < -0.39 is 0 Å². The van der Waals surface area contributed by atoms with Gasteiger partial charge in [0.25, 0.3) is 0 Å². The number of nitrogens with zero attached hydrogens (tertiary/aromatic N) is 1. The van der Waals surface area contributed by atoms with Gasteiger partial charge in [0.15, 0.2) is 0 Å². The van der Waals surface area contributed by atoms with Crippen LogP contribution >= 0.6 is 11.3 Å². The molecule has 3 nitrogen and oxygen atoms in total. The normalized spacial score (nSPS) is 14.0. The maximum Gasteiger partial charge on any atom is 0.123 e. The molecule has 0 fully saturated rings. The van der Waals surface area contributed by atoms with E-state index in [1.807, 2.05) is 0 Å². The summed E-state index contributed by atoms with van der Waals surface area (Å²) in [6.45, 7) is 10.6. The minimum Gasteiger partial charge on any atom is -0.496 e. The van der Waals surface area contributed by atoms with E-state index in [1.54, 1.807) is 18.4 Å². The molecule has 0 aliphatic rings. The lowest BCUT2D eigenvalue weighted by Crippen LogP contribution is -2.22. The van der Waals surface area contributed by atoms with E-state index >= 15 is 0 Å². The molecule has 2 atom stereocenters. The largest absolute Gasteiger partial charge is 0.496 e. The molecule has 1 aromatic carbocycles. The van der Waals surface area contributed by atoms with Crippen LogP contribution in [0.1, 0.15) is 52.6 Å². The van der Waals surface area contributed by atoms with Crippen LogP contribution in [0.5, 0.6) is 5.75 Å². The first-order valence-electron chi connectivity index (χ1n) is 7.27. The molecule has 2 aromatic rings. The van der Waals surface area contributed by atoms with Gasteiger partial charge in [0, 0.05) is 22.5 Å². The Morgan fingerprint density at radius 2 is 1.86 bits per heavy atom. The van der Waals surface area contributed by atoms with Crippen molar-refractivity contribution in [3.8, 4) is 5.75 Å². The van der Waals surface area contributed by atoms with Gasteiger partial charge in [0.05, 0.1) is 17.8 Å². The standard InChI is InChI=1S/C17H24N2OS/c1-10-7-8-15(16(9-10)20-6)11(2)18-12(3)17-13(4)19-14(5)21-17/h7-9,11-12,18H,1-6H3. The number of hydrogen-bond donors (Lipinski definition) is 1. The number of thiazole rings is 1. The Hall–Kier alpha value is -1.39. The number of ether oxygens (including phenoxy) is 1. The van der Waals surface area contributed by atoms with Gasteiger partial charge < -0.3 is 10.1 Å². The average Bonchev–Trinajstić information content (AvgIpc) is 2.77. The van der Waals surface area contributed by atoms with Crippen molar-refractivity contribution in [3.05, 3.63) is 44.9 Å². The highest BCUT2D eigenvalue weighted by Crippen LogP contribution is 2.30. The third-order valence-electron chi connectivity index (χ3n) is 3.69. The van der Waals surface area contributed by atoms with Crippen molar-refractivity contribution >= 4 is 11.3 Å². The molecule has 1 aromatic heterocycles. The molecule has 4 heteroatoms. The zero-order valence-electron chi connectivity index (χ0n) is 13.7. The molecular formula is C17H24N2OS. The molecule has 0 bridgehead atoms. The number of aryl methyl sites for hydroxylation is 3. The van der Waals surface area contributed by atoms with E-state index in [1.165, 1.54) is 16.0 Å². The number of hydrogen-bond acceptors (Lipinski definition) is 4. The minimum absolute atomic E-state index is 0.220. The fourth-order valence-electron chi connectivity index (χ4n) is 2.67. The smallest absolute Gasteiger partial charge is 0.123 e. The van der Waals surface area contributed by atoms with Crippen molar-refractivity contribution < 1.29 is 4.74 Å². The number of rotatable bonds is 5. The Morgan fingerprint density at radius 1 is 1.14 bits per heavy atom. The lowest BCUT2D eigenvalue weighted by Gasteiger charge is -2.22. The fourth-order valence-corrected chi connectivity index (χ4v) is 3.60. The molecule has 2 rings (SSSR count). The summed E-state index contributed by atoms with van der Waals surface area (Å²) in [6, 6.07) is 6.85. The summed E-state index contributed by atoms with van der Waals surface area (Å²) in [5.41, 5.74) is 3.53. The highest BCUT2D eigenvalue weighted by Gasteiger charge is 2.18. The van der Waals surface area contributed by atoms with Gasteiger partial charge in [0.2, 0.25) is 0 Å². The third-order valence-corrected chi connectivity index (χ3v) is 4.94. The average molecular weight is 304 g/mol. The van der Waals surface area contributed by atoms with E-state index in [2.05, 4.69) is 63.1 Å². The van der Waals surface area contributed by atoms with Gasteiger partial charge in [-0.15, -0.1) is 11.3 Å². The van der Waals surface area contributed by atoms with Crippen LogP contribution in [-0.2, 0) is 0 Å². The molecule has 0 saturated heterocycles. The molecule has 21 heavy (non-hydrogen) atoms. The topological polar surface area (TPSA) is 34.1 Å². The van der Waals surface area contributed by atoms with Crippen molar-refractivity contribution in [1.82, 2.24) is 10.3 Å². The summed E-state index contributed by atoms with van der Waals surface area (Å²) in [5, 5.41) is 4.77.